The number of primary sulfonamides is 1. The number of anilines is 1. The first kappa shape index (κ1) is 21.0. The summed E-state index contributed by atoms with van der Waals surface area (Å²) in [6.45, 7) is 4.13. The summed E-state index contributed by atoms with van der Waals surface area (Å²) in [5.41, 5.74) is 2.58. The van der Waals surface area contributed by atoms with Crippen LogP contribution in [0, 0.1) is 0 Å². The number of aromatic nitrogens is 2. The van der Waals surface area contributed by atoms with Gasteiger partial charge < -0.3 is 5.32 Å². The highest BCUT2D eigenvalue weighted by Gasteiger charge is 2.18. The Bertz CT molecular complexity index is 1160. The summed E-state index contributed by atoms with van der Waals surface area (Å²) in [5, 5.41) is 12.5. The minimum absolute atomic E-state index is 0.169. The van der Waals surface area contributed by atoms with Crippen LogP contribution >= 0.6 is 11.6 Å². The zero-order valence-corrected chi connectivity index (χ0v) is 17.5. The molecule has 3 rings (SSSR count). The van der Waals surface area contributed by atoms with E-state index in [1.54, 1.807) is 6.07 Å². The van der Waals surface area contributed by atoms with E-state index in [4.69, 9.17) is 16.7 Å². The second-order valence-electron chi connectivity index (χ2n) is 6.91. The number of benzene rings is 2. The molecule has 0 spiro atoms. The normalized spacial score (nSPS) is 11.6. The second-order valence-corrected chi connectivity index (χ2v) is 8.88. The van der Waals surface area contributed by atoms with Crippen molar-refractivity contribution >= 4 is 33.2 Å². The van der Waals surface area contributed by atoms with Crippen LogP contribution < -0.4 is 10.5 Å². The summed E-state index contributed by atoms with van der Waals surface area (Å²) >= 11 is 5.87. The predicted molar refractivity (Wildman–Crippen MR) is 113 cm³/mol. The van der Waals surface area contributed by atoms with Crippen molar-refractivity contribution in [1.82, 2.24) is 9.78 Å². The molecule has 29 heavy (non-hydrogen) atoms. The third-order valence-electron chi connectivity index (χ3n) is 4.38. The van der Waals surface area contributed by atoms with Crippen LogP contribution in [-0.2, 0) is 21.2 Å². The number of hydrogen-bond donors (Lipinski definition) is 2. The van der Waals surface area contributed by atoms with Crippen molar-refractivity contribution in [1.29, 1.82) is 0 Å². The fourth-order valence-electron chi connectivity index (χ4n) is 3.08. The number of amides is 1. The maximum Gasteiger partial charge on any atom is 0.240 e. The van der Waals surface area contributed by atoms with Crippen molar-refractivity contribution < 1.29 is 13.2 Å². The average Bonchev–Trinajstić information content (AvgIpc) is 3.07. The van der Waals surface area contributed by atoms with Crippen LogP contribution in [0.25, 0.3) is 5.69 Å². The number of nitrogens with zero attached hydrogens (tertiary/aromatic N) is 2. The number of halogens is 1. The Morgan fingerprint density at radius 1 is 1.24 bits per heavy atom. The van der Waals surface area contributed by atoms with E-state index >= 15 is 0 Å². The molecule has 0 fully saturated rings. The molecule has 0 radical (unpaired) electrons. The maximum atomic E-state index is 12.5. The SMILES string of the molecule is CC(C)c1ccccc1CC(=O)Nc1ccc(-n2cc(Cl)cn2)c(S(N)(=O)=O)c1. The maximum absolute atomic E-state index is 12.5. The summed E-state index contributed by atoms with van der Waals surface area (Å²) in [7, 11) is -4.06. The van der Waals surface area contributed by atoms with Gasteiger partial charge in [0.1, 0.15) is 4.90 Å². The molecule has 0 saturated heterocycles. The first-order valence-electron chi connectivity index (χ1n) is 8.90. The van der Waals surface area contributed by atoms with Crippen LogP contribution in [0.5, 0.6) is 0 Å². The van der Waals surface area contributed by atoms with Gasteiger partial charge in [0, 0.05) is 11.9 Å². The van der Waals surface area contributed by atoms with E-state index in [-0.39, 0.29) is 28.8 Å². The van der Waals surface area contributed by atoms with Crippen LogP contribution in [0.15, 0.2) is 59.8 Å². The van der Waals surface area contributed by atoms with Crippen LogP contribution in [0.1, 0.15) is 30.9 Å². The molecule has 0 aliphatic carbocycles. The Morgan fingerprint density at radius 3 is 2.59 bits per heavy atom. The van der Waals surface area contributed by atoms with Crippen LogP contribution in [0.2, 0.25) is 5.02 Å². The zero-order valence-electron chi connectivity index (χ0n) is 16.0. The lowest BCUT2D eigenvalue weighted by Crippen LogP contribution is -2.18. The molecule has 0 aliphatic rings. The largest absolute Gasteiger partial charge is 0.326 e. The summed E-state index contributed by atoms with van der Waals surface area (Å²) in [6.07, 6.45) is 3.03. The summed E-state index contributed by atoms with van der Waals surface area (Å²) < 4.78 is 25.5. The van der Waals surface area contributed by atoms with Crippen molar-refractivity contribution in [2.75, 3.05) is 5.32 Å². The molecule has 0 atom stereocenters. The van der Waals surface area contributed by atoms with Crippen LogP contribution in [0.4, 0.5) is 5.69 Å². The quantitative estimate of drug-likeness (QED) is 0.621. The van der Waals surface area contributed by atoms with E-state index in [0.717, 1.165) is 11.1 Å². The number of carbonyl (C=O) groups is 1. The molecule has 0 saturated carbocycles. The highest BCUT2D eigenvalue weighted by atomic mass is 35.5. The molecule has 9 heteroatoms. The van der Waals surface area contributed by atoms with Crippen molar-refractivity contribution in [3.8, 4) is 5.69 Å². The number of nitrogens with one attached hydrogen (secondary N) is 1. The van der Waals surface area contributed by atoms with E-state index < -0.39 is 10.0 Å². The van der Waals surface area contributed by atoms with Gasteiger partial charge in [0.05, 0.1) is 23.3 Å². The van der Waals surface area contributed by atoms with Crippen molar-refractivity contribution in [2.45, 2.75) is 31.1 Å². The molecule has 1 amide bonds. The lowest BCUT2D eigenvalue weighted by Gasteiger charge is -2.14. The number of carbonyl (C=O) groups excluding carboxylic acids is 1. The molecule has 3 N–H and O–H groups in total. The number of hydrogen-bond acceptors (Lipinski definition) is 4. The van der Waals surface area contributed by atoms with Gasteiger partial charge in [-0.1, -0.05) is 49.7 Å². The molecule has 1 aromatic heterocycles. The Hall–Kier alpha value is -2.68. The van der Waals surface area contributed by atoms with E-state index in [9.17, 15) is 13.2 Å². The monoisotopic (exact) mass is 432 g/mol. The van der Waals surface area contributed by atoms with E-state index in [2.05, 4.69) is 24.3 Å². The topological polar surface area (TPSA) is 107 Å². The van der Waals surface area contributed by atoms with Crippen molar-refractivity contribution in [3.05, 3.63) is 71.0 Å². The highest BCUT2D eigenvalue weighted by molar-refractivity contribution is 7.89. The van der Waals surface area contributed by atoms with Crippen LogP contribution in [0.3, 0.4) is 0 Å². The molecule has 0 aliphatic heterocycles. The predicted octanol–water partition coefficient (Wildman–Crippen LogP) is 3.48. The molecule has 2 aromatic carbocycles. The zero-order chi connectivity index (χ0) is 21.2. The third kappa shape index (κ3) is 5.03. The first-order chi connectivity index (χ1) is 13.6. The molecule has 0 bridgehead atoms. The minimum Gasteiger partial charge on any atom is -0.326 e. The van der Waals surface area contributed by atoms with Gasteiger partial charge in [-0.2, -0.15) is 5.10 Å². The van der Waals surface area contributed by atoms with Gasteiger partial charge in [0.2, 0.25) is 15.9 Å². The molecule has 0 unspecified atom stereocenters. The number of nitrogens with two attached hydrogens (primary N) is 1. The second kappa shape index (κ2) is 8.36. The minimum atomic E-state index is -4.06. The van der Waals surface area contributed by atoms with Crippen LogP contribution in [-0.4, -0.2) is 24.1 Å². The summed E-state index contributed by atoms with van der Waals surface area (Å²) in [5.74, 6) is 0.0292. The third-order valence-corrected chi connectivity index (χ3v) is 5.51. The lowest BCUT2D eigenvalue weighted by molar-refractivity contribution is -0.115. The van der Waals surface area contributed by atoms with Crippen molar-refractivity contribution in [2.24, 2.45) is 5.14 Å². The fourth-order valence-corrected chi connectivity index (χ4v) is 3.96. The van der Waals surface area contributed by atoms with Crippen molar-refractivity contribution in [3.63, 3.8) is 0 Å². The first-order valence-corrected chi connectivity index (χ1v) is 10.8. The van der Waals surface area contributed by atoms with Gasteiger partial charge in [-0.25, -0.2) is 18.2 Å². The Morgan fingerprint density at radius 2 is 1.97 bits per heavy atom. The number of sulfonamides is 1. The number of rotatable bonds is 6. The molecule has 1 heterocycles. The van der Waals surface area contributed by atoms with Gasteiger partial charge in [-0.05, 0) is 35.2 Å². The van der Waals surface area contributed by atoms with Gasteiger partial charge in [0.15, 0.2) is 0 Å². The molecular weight excluding hydrogens is 412 g/mol. The fraction of sp³-hybridized carbons (Fsp3) is 0.200. The molecule has 152 valence electrons. The van der Waals surface area contributed by atoms with E-state index in [1.807, 2.05) is 24.3 Å². The molecule has 7 nitrogen and oxygen atoms in total. The Kier molecular flexibility index (Phi) is 6.07. The van der Waals surface area contributed by atoms with E-state index in [1.165, 1.54) is 29.2 Å². The smallest absolute Gasteiger partial charge is 0.240 e. The average molecular weight is 433 g/mol. The lowest BCUT2D eigenvalue weighted by atomic mass is 9.95. The highest BCUT2D eigenvalue weighted by Crippen LogP contribution is 2.25. The molecular formula is C20H21ClN4O3S. The summed E-state index contributed by atoms with van der Waals surface area (Å²) in [4.78, 5) is 12.4. The standard InChI is InChI=1S/C20H21ClN4O3S/c1-13(2)17-6-4-3-5-14(17)9-20(26)24-16-7-8-18(19(10-16)29(22,27)28)25-12-15(21)11-23-25/h3-8,10-13H,9H2,1-2H3,(H,24,26)(H2,22,27,28). The molecule has 3 aromatic rings. The van der Waals surface area contributed by atoms with Gasteiger partial charge >= 0.3 is 0 Å². The van der Waals surface area contributed by atoms with E-state index in [0.29, 0.717) is 10.7 Å². The van der Waals surface area contributed by atoms with Gasteiger partial charge in [0.25, 0.3) is 0 Å². The van der Waals surface area contributed by atoms with Gasteiger partial charge in [-0.15, -0.1) is 0 Å². The Balaban J connectivity index is 1.88. The summed E-state index contributed by atoms with van der Waals surface area (Å²) in [6, 6.07) is 12.2. The Labute approximate surface area is 174 Å². The van der Waals surface area contributed by atoms with Gasteiger partial charge in [-0.3, -0.25) is 4.79 Å².